The predicted molar refractivity (Wildman–Crippen MR) is 135 cm³/mol. The lowest BCUT2D eigenvalue weighted by Gasteiger charge is -2.18. The van der Waals surface area contributed by atoms with Gasteiger partial charge in [-0.1, -0.05) is 11.8 Å². The third-order valence-corrected chi connectivity index (χ3v) is 8.03. The molecule has 3 heterocycles. The van der Waals surface area contributed by atoms with Crippen molar-refractivity contribution in [2.24, 2.45) is 0 Å². The summed E-state index contributed by atoms with van der Waals surface area (Å²) in [7, 11) is 0. The third-order valence-electron chi connectivity index (χ3n) is 5.90. The SMILES string of the molecule is CCN1C(C)=CS/C1=C/C=c1\sc(=Cc2oc3cc(C)c(C)cc3[n+]2CC)n(CC)c1=O. The number of rotatable bonds is 5. The first kappa shape index (κ1) is 22.7. The number of benzene rings is 1. The zero-order chi connectivity index (χ0) is 23.0. The average molecular weight is 469 g/mol. The third kappa shape index (κ3) is 3.99. The molecule has 0 radical (unpaired) electrons. The van der Waals surface area contributed by atoms with Gasteiger partial charge in [0.25, 0.3) is 11.1 Å². The Morgan fingerprint density at radius 3 is 2.50 bits per heavy atom. The van der Waals surface area contributed by atoms with Gasteiger partial charge >= 0.3 is 5.89 Å². The van der Waals surface area contributed by atoms with E-state index in [0.717, 1.165) is 44.3 Å². The van der Waals surface area contributed by atoms with E-state index in [-0.39, 0.29) is 5.56 Å². The first-order valence-corrected chi connectivity index (χ1v) is 12.7. The first-order chi connectivity index (χ1) is 15.4. The van der Waals surface area contributed by atoms with Crippen molar-refractivity contribution in [2.45, 2.75) is 54.6 Å². The number of hydrogen-bond acceptors (Lipinski definition) is 5. The zero-order valence-electron chi connectivity index (χ0n) is 19.6. The summed E-state index contributed by atoms with van der Waals surface area (Å²) >= 11 is 3.21. The van der Waals surface area contributed by atoms with E-state index in [4.69, 9.17) is 4.42 Å². The molecule has 0 amide bonds. The molecule has 0 N–H and O–H groups in total. The van der Waals surface area contributed by atoms with E-state index in [0.29, 0.717) is 6.54 Å². The Hall–Kier alpha value is -2.51. The molecule has 1 aliphatic rings. The number of hydrogen-bond donors (Lipinski definition) is 0. The summed E-state index contributed by atoms with van der Waals surface area (Å²) in [5.74, 6) is 0.768. The number of nitrogens with zero attached hydrogens (tertiary/aromatic N) is 3. The van der Waals surface area contributed by atoms with Crippen LogP contribution in [0.1, 0.15) is 44.7 Å². The van der Waals surface area contributed by atoms with Gasteiger partial charge in [-0.15, -0.1) is 11.3 Å². The summed E-state index contributed by atoms with van der Waals surface area (Å²) in [6, 6.07) is 4.27. The summed E-state index contributed by atoms with van der Waals surface area (Å²) in [5.41, 5.74) is 5.70. The topological polar surface area (TPSA) is 42.3 Å². The normalized spacial score (nSPS) is 16.8. The average Bonchev–Trinajstić information content (AvgIpc) is 3.39. The lowest BCUT2D eigenvalue weighted by molar-refractivity contribution is -0.674. The molecular formula is C25H30N3O2S2+. The zero-order valence-corrected chi connectivity index (χ0v) is 21.2. The molecule has 5 nitrogen and oxygen atoms in total. The highest BCUT2D eigenvalue weighted by atomic mass is 32.2. The van der Waals surface area contributed by atoms with Gasteiger partial charge in [0.15, 0.2) is 0 Å². The largest absolute Gasteiger partial charge is 0.398 e. The molecule has 0 fully saturated rings. The van der Waals surface area contributed by atoms with E-state index in [1.54, 1.807) is 11.8 Å². The highest BCUT2D eigenvalue weighted by molar-refractivity contribution is 8.06. The number of fused-ring (bicyclic) bond motifs is 1. The minimum Gasteiger partial charge on any atom is -0.398 e. The molecule has 168 valence electrons. The minimum absolute atomic E-state index is 0.0437. The first-order valence-electron chi connectivity index (χ1n) is 11.1. The fourth-order valence-corrected chi connectivity index (χ4v) is 5.98. The van der Waals surface area contributed by atoms with Crippen LogP contribution in [0.15, 0.2) is 43.6 Å². The monoisotopic (exact) mass is 468 g/mol. The minimum atomic E-state index is 0.0437. The van der Waals surface area contributed by atoms with Crippen molar-refractivity contribution < 1.29 is 8.98 Å². The van der Waals surface area contributed by atoms with E-state index >= 15 is 0 Å². The van der Waals surface area contributed by atoms with Gasteiger partial charge in [0.2, 0.25) is 5.58 Å². The van der Waals surface area contributed by atoms with Crippen LogP contribution in [0.5, 0.6) is 0 Å². The molecule has 0 atom stereocenters. The number of thioether (sulfide) groups is 1. The maximum atomic E-state index is 13.1. The lowest BCUT2D eigenvalue weighted by atomic mass is 10.1. The van der Waals surface area contributed by atoms with Crippen molar-refractivity contribution in [3.05, 3.63) is 70.9 Å². The van der Waals surface area contributed by atoms with Crippen LogP contribution in [0.3, 0.4) is 0 Å². The predicted octanol–water partition coefficient (Wildman–Crippen LogP) is 3.98. The van der Waals surface area contributed by atoms with Gasteiger partial charge in [-0.25, -0.2) is 0 Å². The standard InChI is InChI=1S/C25H30N3O2S2/c1-7-26-18(6)15-31-23(26)11-10-21-25(29)28(9-3)24(32-21)14-22-27(8-2)19-12-16(4)17(5)13-20(19)30-22/h10-15H,7-9H2,1-6H3/q+1/b21-10-,23-11+. The van der Waals surface area contributed by atoms with Gasteiger partial charge in [0, 0.05) is 24.9 Å². The fraction of sp³-hybridized carbons (Fsp3) is 0.360. The van der Waals surface area contributed by atoms with Crippen molar-refractivity contribution in [1.82, 2.24) is 9.47 Å². The quantitative estimate of drug-likeness (QED) is 0.531. The Balaban J connectivity index is 1.85. The fourth-order valence-electron chi connectivity index (χ4n) is 3.98. The van der Waals surface area contributed by atoms with E-state index in [1.807, 2.05) is 23.6 Å². The van der Waals surface area contributed by atoms with Gasteiger partial charge in [-0.2, -0.15) is 4.57 Å². The smallest absolute Gasteiger partial charge is 0.377 e. The van der Waals surface area contributed by atoms with Crippen molar-refractivity contribution in [2.75, 3.05) is 6.54 Å². The van der Waals surface area contributed by atoms with Crippen LogP contribution in [-0.2, 0) is 13.1 Å². The summed E-state index contributed by atoms with van der Waals surface area (Å²) in [6.07, 6.45) is 6.01. The second-order valence-corrected chi connectivity index (χ2v) is 9.83. The molecule has 0 bridgehead atoms. The molecule has 32 heavy (non-hydrogen) atoms. The molecular weight excluding hydrogens is 438 g/mol. The summed E-state index contributed by atoms with van der Waals surface area (Å²) in [4.78, 5) is 15.3. The van der Waals surface area contributed by atoms with E-state index < -0.39 is 0 Å². The van der Waals surface area contributed by atoms with Crippen LogP contribution in [0, 0.1) is 13.8 Å². The summed E-state index contributed by atoms with van der Waals surface area (Å²) < 4.78 is 11.8. The number of aryl methyl sites for hydroxylation is 3. The lowest BCUT2D eigenvalue weighted by Crippen LogP contribution is -2.35. The van der Waals surface area contributed by atoms with E-state index in [2.05, 4.69) is 67.7 Å². The van der Waals surface area contributed by atoms with Crippen molar-refractivity contribution >= 4 is 46.4 Å². The van der Waals surface area contributed by atoms with Gasteiger partial charge < -0.3 is 9.32 Å². The molecule has 2 aromatic heterocycles. The highest BCUT2D eigenvalue weighted by Crippen LogP contribution is 2.33. The molecule has 0 saturated heterocycles. The van der Waals surface area contributed by atoms with Crippen LogP contribution in [-0.4, -0.2) is 16.0 Å². The molecule has 0 spiro atoms. The summed E-state index contributed by atoms with van der Waals surface area (Å²) in [6.45, 7) is 14.9. The highest BCUT2D eigenvalue weighted by Gasteiger charge is 2.21. The number of oxazole rings is 1. The van der Waals surface area contributed by atoms with Crippen molar-refractivity contribution in [1.29, 1.82) is 0 Å². The van der Waals surface area contributed by atoms with Gasteiger partial charge in [0.05, 0.1) is 15.6 Å². The van der Waals surface area contributed by atoms with Gasteiger partial charge in [0.1, 0.15) is 11.2 Å². The number of thiazole rings is 1. The van der Waals surface area contributed by atoms with E-state index in [9.17, 15) is 4.79 Å². The Bertz CT molecular complexity index is 1420. The van der Waals surface area contributed by atoms with Gasteiger partial charge in [-0.05, 0) is 76.3 Å². The molecule has 1 aliphatic heterocycles. The molecule has 0 aliphatic carbocycles. The molecule has 4 rings (SSSR count). The van der Waals surface area contributed by atoms with Crippen LogP contribution < -0.4 is 19.3 Å². The van der Waals surface area contributed by atoms with Crippen LogP contribution in [0.2, 0.25) is 0 Å². The van der Waals surface area contributed by atoms with Crippen LogP contribution in [0.4, 0.5) is 0 Å². The molecule has 0 unspecified atom stereocenters. The molecule has 7 heteroatoms. The number of allylic oxidation sites excluding steroid dienone is 2. The Kier molecular flexibility index (Phi) is 6.49. The second-order valence-electron chi connectivity index (χ2n) is 7.88. The van der Waals surface area contributed by atoms with Crippen molar-refractivity contribution in [3.63, 3.8) is 0 Å². The Morgan fingerprint density at radius 1 is 1.06 bits per heavy atom. The van der Waals surface area contributed by atoms with Crippen LogP contribution in [0.25, 0.3) is 23.3 Å². The molecule has 0 saturated carbocycles. The summed E-state index contributed by atoms with van der Waals surface area (Å²) in [5, 5.41) is 3.30. The maximum Gasteiger partial charge on any atom is 0.377 e. The van der Waals surface area contributed by atoms with Crippen molar-refractivity contribution in [3.8, 4) is 0 Å². The molecule has 1 aromatic carbocycles. The second kappa shape index (κ2) is 9.16. The van der Waals surface area contributed by atoms with Gasteiger partial charge in [-0.3, -0.25) is 9.36 Å². The Morgan fingerprint density at radius 2 is 1.81 bits per heavy atom. The Labute approximate surface area is 196 Å². The number of aromatic nitrogens is 2. The van der Waals surface area contributed by atoms with Crippen LogP contribution >= 0.6 is 23.1 Å². The maximum absolute atomic E-state index is 13.1. The van der Waals surface area contributed by atoms with E-state index in [1.165, 1.54) is 28.2 Å². The molecule has 3 aromatic rings.